The van der Waals surface area contributed by atoms with Crippen LogP contribution in [0.3, 0.4) is 0 Å². The van der Waals surface area contributed by atoms with Gasteiger partial charge in [-0.05, 0) is 54.1 Å². The predicted molar refractivity (Wildman–Crippen MR) is 138 cm³/mol. The Morgan fingerprint density at radius 2 is 1.84 bits per heavy atom. The van der Waals surface area contributed by atoms with Gasteiger partial charge in [0.2, 0.25) is 5.71 Å². The van der Waals surface area contributed by atoms with E-state index in [-0.39, 0.29) is 44.0 Å². The Kier molecular flexibility index (Phi) is 6.95. The van der Waals surface area contributed by atoms with E-state index in [1.807, 2.05) is 12.1 Å². The van der Waals surface area contributed by atoms with Gasteiger partial charge in [0.25, 0.3) is 11.8 Å². The Morgan fingerprint density at radius 1 is 1.03 bits per heavy atom. The number of fused-ring (bicyclic) bond motifs is 1. The lowest BCUT2D eigenvalue weighted by molar-refractivity contribution is -0.114. The molecule has 0 aromatic carbocycles. The summed E-state index contributed by atoms with van der Waals surface area (Å²) in [5.74, 6) is -2.00. The van der Waals surface area contributed by atoms with E-state index >= 15 is 0 Å². The number of hydrogen-bond acceptors (Lipinski definition) is 7. The summed E-state index contributed by atoms with van der Waals surface area (Å²) in [5.41, 5.74) is 8.50. The number of nitrogen functional groups attached to an aromatic ring is 1. The summed E-state index contributed by atoms with van der Waals surface area (Å²) >= 11 is 0. The molecule has 0 spiro atoms. The van der Waals surface area contributed by atoms with Gasteiger partial charge in [0.1, 0.15) is 11.6 Å². The minimum atomic E-state index is -2.71. The van der Waals surface area contributed by atoms with Gasteiger partial charge in [0.15, 0.2) is 5.78 Å². The van der Waals surface area contributed by atoms with E-state index in [1.165, 1.54) is 17.2 Å². The molecule has 5 heterocycles. The number of piperidine rings is 1. The molecule has 1 aliphatic heterocycles. The fourth-order valence-corrected chi connectivity index (χ4v) is 4.19. The molecule has 4 aromatic rings. The fourth-order valence-electron chi connectivity index (χ4n) is 4.19. The van der Waals surface area contributed by atoms with Gasteiger partial charge in [-0.15, -0.1) is 0 Å². The van der Waals surface area contributed by atoms with E-state index in [1.54, 1.807) is 42.7 Å². The van der Waals surface area contributed by atoms with Crippen molar-refractivity contribution in [3.05, 3.63) is 78.0 Å². The first-order valence-corrected chi connectivity index (χ1v) is 12.2. The molecule has 0 atom stereocenters. The second-order valence-electron chi connectivity index (χ2n) is 9.23. The maximum absolute atomic E-state index is 13.4. The number of allylic oxidation sites excluding steroid dienone is 1. The van der Waals surface area contributed by atoms with Crippen molar-refractivity contribution in [1.29, 1.82) is 0 Å². The van der Waals surface area contributed by atoms with Crippen molar-refractivity contribution in [3.8, 4) is 11.3 Å². The lowest BCUT2D eigenvalue weighted by Crippen LogP contribution is -2.42. The third-order valence-electron chi connectivity index (χ3n) is 6.40. The number of amides is 1. The SMILES string of the molecule is Nc1ccc(/C=C/C(=O)CCc2cc3cc(-c4ccc(C(=O)N5CCC(F)(F)CC5)cn4)cnc3o2)cn1. The van der Waals surface area contributed by atoms with Crippen LogP contribution < -0.4 is 5.73 Å². The number of anilines is 1. The van der Waals surface area contributed by atoms with Gasteiger partial charge in [-0.2, -0.15) is 0 Å². The molecule has 0 bridgehead atoms. The van der Waals surface area contributed by atoms with Crippen molar-refractivity contribution < 1.29 is 22.8 Å². The number of alkyl halides is 2. The largest absolute Gasteiger partial charge is 0.443 e. The summed E-state index contributed by atoms with van der Waals surface area (Å²) < 4.78 is 32.6. The maximum atomic E-state index is 13.4. The number of nitrogens with zero attached hydrogens (tertiary/aromatic N) is 4. The molecule has 194 valence electrons. The van der Waals surface area contributed by atoms with Crippen molar-refractivity contribution in [1.82, 2.24) is 19.9 Å². The van der Waals surface area contributed by atoms with E-state index in [0.29, 0.717) is 35.0 Å². The van der Waals surface area contributed by atoms with Crippen LogP contribution in [0.15, 0.2) is 65.5 Å². The summed E-state index contributed by atoms with van der Waals surface area (Å²) in [6.07, 6.45) is 7.92. The zero-order valence-corrected chi connectivity index (χ0v) is 20.4. The molecule has 4 aromatic heterocycles. The lowest BCUT2D eigenvalue weighted by Gasteiger charge is -2.31. The number of likely N-dealkylation sites (tertiary alicyclic amines) is 1. The molecule has 2 N–H and O–H groups in total. The van der Waals surface area contributed by atoms with Gasteiger partial charge in [-0.25, -0.2) is 18.7 Å². The molecule has 8 nitrogen and oxygen atoms in total. The number of halogens is 2. The molecule has 0 radical (unpaired) electrons. The standard InChI is InChI=1S/C28H25F2N5O3/c29-28(30)9-11-35(12-10-28)27(37)19-3-7-24(32-16-19)21-13-20-14-23(38-26(20)34-17-21)6-5-22(36)4-1-18-2-8-25(31)33-15-18/h1-4,7-8,13-17H,5-6,9-12H2,(H2,31,33)/b4-1+. The number of nitrogens with two attached hydrogens (primary N) is 1. The predicted octanol–water partition coefficient (Wildman–Crippen LogP) is 4.95. The van der Waals surface area contributed by atoms with E-state index in [0.717, 1.165) is 16.5 Å². The summed E-state index contributed by atoms with van der Waals surface area (Å²) in [4.78, 5) is 39.1. The molecule has 0 unspecified atom stereocenters. The monoisotopic (exact) mass is 517 g/mol. The van der Waals surface area contributed by atoms with Crippen LogP contribution in [0.25, 0.3) is 28.4 Å². The molecule has 10 heteroatoms. The van der Waals surface area contributed by atoms with E-state index in [4.69, 9.17) is 10.2 Å². The van der Waals surface area contributed by atoms with Gasteiger partial charge in [0.05, 0.1) is 11.3 Å². The number of aromatic nitrogens is 3. The average Bonchev–Trinajstić information content (AvgIpc) is 3.33. The summed E-state index contributed by atoms with van der Waals surface area (Å²) in [5, 5.41) is 0.768. The molecule has 0 aliphatic carbocycles. The molecule has 0 saturated carbocycles. The smallest absolute Gasteiger partial charge is 0.255 e. The maximum Gasteiger partial charge on any atom is 0.255 e. The van der Waals surface area contributed by atoms with Crippen molar-refractivity contribution in [2.45, 2.75) is 31.6 Å². The van der Waals surface area contributed by atoms with E-state index in [9.17, 15) is 18.4 Å². The van der Waals surface area contributed by atoms with Crippen LogP contribution in [0.2, 0.25) is 0 Å². The molecule has 38 heavy (non-hydrogen) atoms. The number of rotatable bonds is 7. The summed E-state index contributed by atoms with van der Waals surface area (Å²) in [6.45, 7) is 0.0535. The first kappa shape index (κ1) is 25.2. The van der Waals surface area contributed by atoms with Crippen LogP contribution in [0.5, 0.6) is 0 Å². The first-order valence-electron chi connectivity index (χ1n) is 12.2. The third kappa shape index (κ3) is 5.91. The van der Waals surface area contributed by atoms with Crippen molar-refractivity contribution in [3.63, 3.8) is 0 Å². The number of furan rings is 1. The Bertz CT molecular complexity index is 1490. The van der Waals surface area contributed by atoms with Crippen LogP contribution in [0.1, 0.15) is 40.9 Å². The first-order chi connectivity index (χ1) is 18.3. The fraction of sp³-hybridized carbons (Fsp3) is 0.250. The Morgan fingerprint density at radius 3 is 2.55 bits per heavy atom. The van der Waals surface area contributed by atoms with Crippen LogP contribution in [-0.4, -0.2) is 50.6 Å². The zero-order chi connectivity index (χ0) is 26.7. The Labute approximate surface area is 217 Å². The number of carbonyl (C=O) groups excluding carboxylic acids is 2. The molecule has 5 rings (SSSR count). The third-order valence-corrected chi connectivity index (χ3v) is 6.40. The normalized spacial score (nSPS) is 15.3. The number of pyridine rings is 3. The van der Waals surface area contributed by atoms with Crippen LogP contribution in [0, 0.1) is 0 Å². The minimum Gasteiger partial charge on any atom is -0.443 e. The Balaban J connectivity index is 1.21. The number of aryl methyl sites for hydroxylation is 1. The summed E-state index contributed by atoms with van der Waals surface area (Å²) in [6, 6.07) is 10.5. The summed E-state index contributed by atoms with van der Waals surface area (Å²) in [7, 11) is 0. The van der Waals surface area contributed by atoms with Crippen molar-refractivity contribution in [2.75, 3.05) is 18.8 Å². The zero-order valence-electron chi connectivity index (χ0n) is 20.4. The second-order valence-corrected chi connectivity index (χ2v) is 9.23. The van der Waals surface area contributed by atoms with Crippen LogP contribution >= 0.6 is 0 Å². The highest BCUT2D eigenvalue weighted by molar-refractivity contribution is 5.94. The topological polar surface area (TPSA) is 115 Å². The van der Waals surface area contributed by atoms with Crippen molar-refractivity contribution >= 4 is 34.7 Å². The van der Waals surface area contributed by atoms with E-state index < -0.39 is 5.92 Å². The van der Waals surface area contributed by atoms with Gasteiger partial charge in [-0.3, -0.25) is 14.6 Å². The molecule has 1 saturated heterocycles. The van der Waals surface area contributed by atoms with Gasteiger partial charge < -0.3 is 15.1 Å². The highest BCUT2D eigenvalue weighted by Crippen LogP contribution is 2.29. The van der Waals surface area contributed by atoms with Gasteiger partial charge in [0, 0.05) is 68.3 Å². The van der Waals surface area contributed by atoms with Crippen molar-refractivity contribution in [2.24, 2.45) is 0 Å². The minimum absolute atomic E-state index is 0.0267. The van der Waals surface area contributed by atoms with Gasteiger partial charge in [-0.1, -0.05) is 0 Å². The Hall–Kier alpha value is -4.47. The molecule has 1 amide bonds. The van der Waals surface area contributed by atoms with E-state index in [2.05, 4.69) is 15.0 Å². The van der Waals surface area contributed by atoms with Gasteiger partial charge >= 0.3 is 0 Å². The molecular formula is C28H25F2N5O3. The average molecular weight is 518 g/mol. The van der Waals surface area contributed by atoms with Crippen LogP contribution in [0.4, 0.5) is 14.6 Å². The number of ketones is 1. The highest BCUT2D eigenvalue weighted by Gasteiger charge is 2.35. The van der Waals surface area contributed by atoms with Crippen LogP contribution in [-0.2, 0) is 11.2 Å². The quantitative estimate of drug-likeness (QED) is 0.345. The lowest BCUT2D eigenvalue weighted by atomic mass is 10.1. The second kappa shape index (κ2) is 10.5. The highest BCUT2D eigenvalue weighted by atomic mass is 19.3. The number of hydrogen-bond donors (Lipinski definition) is 1. The molecular weight excluding hydrogens is 492 g/mol. The number of carbonyl (C=O) groups is 2. The molecule has 1 aliphatic rings. The molecule has 1 fully saturated rings.